The molecule has 2 amide bonds. The van der Waals surface area contributed by atoms with Crippen LogP contribution in [0.5, 0.6) is 0 Å². The number of hydrogen-bond acceptors (Lipinski definition) is 9. The first kappa shape index (κ1) is 24.2. The molecule has 12 nitrogen and oxygen atoms in total. The van der Waals surface area contributed by atoms with Crippen LogP contribution in [0.15, 0.2) is 6.33 Å². The molecule has 1 saturated carbocycles. The third-order valence-electron chi connectivity index (χ3n) is 6.54. The molecule has 1 aliphatic carbocycles. The van der Waals surface area contributed by atoms with E-state index in [2.05, 4.69) is 45.0 Å². The number of amides is 2. The van der Waals surface area contributed by atoms with E-state index >= 15 is 0 Å². The number of nitrogens with zero attached hydrogens (tertiary/aromatic N) is 4. The molecule has 0 radical (unpaired) electrons. The first-order chi connectivity index (χ1) is 16.7. The van der Waals surface area contributed by atoms with Gasteiger partial charge in [-0.25, -0.2) is 4.98 Å². The Labute approximate surface area is 207 Å². The molecule has 4 heterocycles. The van der Waals surface area contributed by atoms with Gasteiger partial charge in [0.05, 0.1) is 6.33 Å². The van der Waals surface area contributed by atoms with Crippen molar-refractivity contribution in [1.29, 1.82) is 0 Å². The van der Waals surface area contributed by atoms with Gasteiger partial charge in [-0.3, -0.25) is 25.0 Å². The van der Waals surface area contributed by atoms with E-state index < -0.39 is 36.2 Å². The van der Waals surface area contributed by atoms with E-state index in [-0.39, 0.29) is 23.2 Å². The van der Waals surface area contributed by atoms with Gasteiger partial charge < -0.3 is 19.5 Å². The van der Waals surface area contributed by atoms with Gasteiger partial charge in [0, 0.05) is 12.0 Å². The normalized spacial score (nSPS) is 27.3. The number of carbonyl (C=O) groups is 2. The van der Waals surface area contributed by atoms with Crippen molar-refractivity contribution < 1.29 is 23.8 Å². The minimum Gasteiger partial charge on any atom is -0.365 e. The van der Waals surface area contributed by atoms with E-state index in [1.54, 1.807) is 24.7 Å². The number of aromatic nitrogens is 4. The second-order valence-electron chi connectivity index (χ2n) is 9.59. The average molecular weight is 508 g/mol. The van der Waals surface area contributed by atoms with Crippen LogP contribution in [0.3, 0.4) is 0 Å². The molecule has 3 N–H and O–H groups in total. The smallest absolute Gasteiger partial charge is 0.270 e. The number of carbonyl (C=O) groups excluding carboxylic acids is 2. The molecule has 4 atom stereocenters. The van der Waals surface area contributed by atoms with Crippen LogP contribution in [0, 0.1) is 5.92 Å². The van der Waals surface area contributed by atoms with Gasteiger partial charge in [-0.05, 0) is 51.1 Å². The second kappa shape index (κ2) is 9.16. The zero-order valence-corrected chi connectivity index (χ0v) is 20.8. The molecule has 0 aromatic carbocycles. The molecule has 35 heavy (non-hydrogen) atoms. The molecule has 3 aliphatic rings. The molecule has 13 heteroatoms. The van der Waals surface area contributed by atoms with Crippen molar-refractivity contribution in [2.45, 2.75) is 89.7 Å². The summed E-state index contributed by atoms with van der Waals surface area (Å²) in [5, 5.41) is 3.44. The second-order valence-corrected chi connectivity index (χ2v) is 9.93. The standard InChI is InChI=1S/C22H30ClN7O5/c1-5-11(6-2)25-16-12-17(27-21(23)26-16)30(9-24-12)20-15-13(34-22(3,4)35-15)14(33-20)19(32)29-28-18(31)10-7-8-10/h9-11,13-15,20H,5-8H2,1-4H3,(H,28,31)(H,29,32)(H,25,26,27)/t13-,14+,15-,20-/m1/s1. The van der Waals surface area contributed by atoms with Gasteiger partial charge in [-0.2, -0.15) is 9.97 Å². The summed E-state index contributed by atoms with van der Waals surface area (Å²) in [6.07, 6.45) is 1.91. The summed E-state index contributed by atoms with van der Waals surface area (Å²) in [6.45, 7) is 7.72. The fraction of sp³-hybridized carbons (Fsp3) is 0.682. The molecular weight excluding hydrogens is 478 g/mol. The van der Waals surface area contributed by atoms with E-state index in [0.29, 0.717) is 17.0 Å². The number of fused-ring (bicyclic) bond motifs is 2. The Morgan fingerprint density at radius 1 is 1.14 bits per heavy atom. The number of halogens is 1. The molecule has 0 unspecified atom stereocenters. The summed E-state index contributed by atoms with van der Waals surface area (Å²) >= 11 is 6.26. The highest BCUT2D eigenvalue weighted by Crippen LogP contribution is 2.44. The van der Waals surface area contributed by atoms with Crippen LogP contribution in [0.1, 0.15) is 59.6 Å². The summed E-state index contributed by atoms with van der Waals surface area (Å²) in [7, 11) is 0. The van der Waals surface area contributed by atoms with Crippen LogP contribution in [0.4, 0.5) is 5.82 Å². The highest BCUT2D eigenvalue weighted by molar-refractivity contribution is 6.28. The molecular formula is C22H30ClN7O5. The van der Waals surface area contributed by atoms with Crippen LogP contribution in [-0.4, -0.2) is 61.5 Å². The Balaban J connectivity index is 1.43. The number of hydrazine groups is 1. The molecule has 0 bridgehead atoms. The lowest BCUT2D eigenvalue weighted by Gasteiger charge is -2.24. The third kappa shape index (κ3) is 4.67. The summed E-state index contributed by atoms with van der Waals surface area (Å²) < 4.78 is 19.9. The van der Waals surface area contributed by atoms with E-state index in [1.165, 1.54) is 0 Å². The number of anilines is 1. The average Bonchev–Trinajstić information content (AvgIpc) is 3.41. The molecule has 190 valence electrons. The van der Waals surface area contributed by atoms with Crippen LogP contribution in [0.25, 0.3) is 11.2 Å². The number of ether oxygens (including phenoxy) is 3. The minimum atomic E-state index is -1.02. The number of imidazole rings is 1. The zero-order chi connectivity index (χ0) is 24.9. The predicted molar refractivity (Wildman–Crippen MR) is 125 cm³/mol. The molecule has 2 saturated heterocycles. The maximum atomic E-state index is 13.0. The van der Waals surface area contributed by atoms with Gasteiger partial charge in [0.15, 0.2) is 35.1 Å². The Morgan fingerprint density at radius 3 is 2.51 bits per heavy atom. The number of rotatable bonds is 7. The highest BCUT2D eigenvalue weighted by Gasteiger charge is 2.58. The monoisotopic (exact) mass is 507 g/mol. The Bertz CT molecular complexity index is 1130. The SMILES string of the molecule is CCC(CC)Nc1nc(Cl)nc2c1ncn2[C@@H]1O[C@H](C(=O)NNC(=O)C2CC2)[C@H]2OC(C)(C)O[C@H]21. The quantitative estimate of drug-likeness (QED) is 0.379. The fourth-order valence-corrected chi connectivity index (χ4v) is 4.68. The van der Waals surface area contributed by atoms with Crippen molar-refractivity contribution in [3.63, 3.8) is 0 Å². The Hall–Kier alpha value is -2.54. The highest BCUT2D eigenvalue weighted by atomic mass is 35.5. The van der Waals surface area contributed by atoms with Gasteiger partial charge >= 0.3 is 0 Å². The third-order valence-corrected chi connectivity index (χ3v) is 6.71. The minimum absolute atomic E-state index is 0.0464. The fourth-order valence-electron chi connectivity index (χ4n) is 4.52. The molecule has 2 aromatic rings. The predicted octanol–water partition coefficient (Wildman–Crippen LogP) is 2.06. The van der Waals surface area contributed by atoms with Crippen LogP contribution < -0.4 is 16.2 Å². The van der Waals surface area contributed by atoms with Crippen molar-refractivity contribution in [1.82, 2.24) is 30.4 Å². The maximum Gasteiger partial charge on any atom is 0.270 e. The lowest BCUT2D eigenvalue weighted by atomic mass is 10.1. The van der Waals surface area contributed by atoms with Crippen molar-refractivity contribution in [3.8, 4) is 0 Å². The zero-order valence-electron chi connectivity index (χ0n) is 20.1. The molecule has 5 rings (SSSR count). The van der Waals surface area contributed by atoms with Gasteiger partial charge in [-0.15, -0.1) is 0 Å². The van der Waals surface area contributed by atoms with Crippen LogP contribution in [0.2, 0.25) is 5.28 Å². The van der Waals surface area contributed by atoms with Gasteiger partial charge in [0.2, 0.25) is 11.2 Å². The molecule has 3 fully saturated rings. The van der Waals surface area contributed by atoms with Gasteiger partial charge in [0.25, 0.3) is 5.91 Å². The number of hydrogen-bond donors (Lipinski definition) is 3. The van der Waals surface area contributed by atoms with Crippen LogP contribution in [-0.2, 0) is 23.8 Å². The number of nitrogens with one attached hydrogen (secondary N) is 3. The first-order valence-electron chi connectivity index (χ1n) is 12.0. The van der Waals surface area contributed by atoms with Crippen molar-refractivity contribution in [2.24, 2.45) is 5.92 Å². The Morgan fingerprint density at radius 2 is 1.83 bits per heavy atom. The summed E-state index contributed by atoms with van der Waals surface area (Å²) in [5.74, 6) is -1.18. The summed E-state index contributed by atoms with van der Waals surface area (Å²) in [6, 6.07) is 0.202. The lowest BCUT2D eigenvalue weighted by molar-refractivity contribution is -0.197. The van der Waals surface area contributed by atoms with Crippen molar-refractivity contribution in [3.05, 3.63) is 11.6 Å². The topological polar surface area (TPSA) is 142 Å². The Kier molecular flexibility index (Phi) is 6.32. The summed E-state index contributed by atoms with van der Waals surface area (Å²) in [4.78, 5) is 38.2. The lowest BCUT2D eigenvalue weighted by Crippen LogP contribution is -2.50. The van der Waals surface area contributed by atoms with E-state index in [1.807, 2.05) is 0 Å². The van der Waals surface area contributed by atoms with Gasteiger partial charge in [-0.1, -0.05) is 13.8 Å². The van der Waals surface area contributed by atoms with Crippen molar-refractivity contribution in [2.75, 3.05) is 5.32 Å². The molecule has 2 aromatic heterocycles. The van der Waals surface area contributed by atoms with Gasteiger partial charge in [0.1, 0.15) is 12.2 Å². The largest absolute Gasteiger partial charge is 0.365 e. The van der Waals surface area contributed by atoms with E-state index in [9.17, 15) is 9.59 Å². The summed E-state index contributed by atoms with van der Waals surface area (Å²) in [5.41, 5.74) is 5.90. The first-order valence-corrected chi connectivity index (χ1v) is 12.4. The van der Waals surface area contributed by atoms with E-state index in [4.69, 9.17) is 25.8 Å². The maximum absolute atomic E-state index is 13.0. The molecule has 0 spiro atoms. The van der Waals surface area contributed by atoms with Crippen LogP contribution >= 0.6 is 11.6 Å². The van der Waals surface area contributed by atoms with Crippen molar-refractivity contribution >= 4 is 40.4 Å². The molecule has 2 aliphatic heterocycles. The van der Waals surface area contributed by atoms with E-state index in [0.717, 1.165) is 25.7 Å².